The average molecular weight is 268 g/mol. The second kappa shape index (κ2) is 5.68. The molecule has 3 N–H and O–H groups in total. The molecule has 0 spiro atoms. The highest BCUT2D eigenvalue weighted by molar-refractivity contribution is 4.97. The van der Waals surface area contributed by atoms with E-state index in [1.54, 1.807) is 0 Å². The summed E-state index contributed by atoms with van der Waals surface area (Å²) in [4.78, 5) is 0. The van der Waals surface area contributed by atoms with Crippen molar-refractivity contribution in [2.24, 2.45) is 5.92 Å². The molecule has 2 aliphatic heterocycles. The van der Waals surface area contributed by atoms with Crippen LogP contribution >= 0.6 is 0 Å². The summed E-state index contributed by atoms with van der Waals surface area (Å²) in [6.07, 6.45) is 7.29. The highest BCUT2D eigenvalue weighted by Gasteiger charge is 2.41. The van der Waals surface area contributed by atoms with Gasteiger partial charge in [0.2, 0.25) is 0 Å². The number of ether oxygens (including phenoxy) is 1. The minimum atomic E-state index is -0.657. The van der Waals surface area contributed by atoms with Crippen LogP contribution in [0.1, 0.15) is 45.4 Å². The normalized spacial score (nSPS) is 47.1. The molecular weight excluding hydrogens is 240 g/mol. The fourth-order valence-electron chi connectivity index (χ4n) is 4.11. The van der Waals surface area contributed by atoms with Gasteiger partial charge in [0.1, 0.15) is 5.60 Å². The Bertz CT molecular complexity index is 307. The quantitative estimate of drug-likeness (QED) is 0.713. The van der Waals surface area contributed by atoms with Crippen molar-refractivity contribution >= 4 is 0 Å². The maximum atomic E-state index is 10.6. The molecule has 2 saturated heterocycles. The molecule has 0 aromatic heterocycles. The Hall–Kier alpha value is -0.160. The van der Waals surface area contributed by atoms with Crippen LogP contribution < -0.4 is 10.6 Å². The molecule has 0 radical (unpaired) electrons. The zero-order valence-electron chi connectivity index (χ0n) is 12.0. The molecule has 1 aliphatic carbocycles. The summed E-state index contributed by atoms with van der Waals surface area (Å²) in [6.45, 7) is 4.54. The Morgan fingerprint density at radius 2 is 2.21 bits per heavy atom. The maximum absolute atomic E-state index is 10.6. The molecule has 4 nitrogen and oxygen atoms in total. The fourth-order valence-corrected chi connectivity index (χ4v) is 4.11. The summed E-state index contributed by atoms with van der Waals surface area (Å²) < 4.78 is 5.51. The van der Waals surface area contributed by atoms with Crippen molar-refractivity contribution in [1.29, 1.82) is 0 Å². The molecule has 1 saturated carbocycles. The van der Waals surface area contributed by atoms with Crippen LogP contribution in [0.2, 0.25) is 0 Å². The van der Waals surface area contributed by atoms with Crippen LogP contribution in [0.3, 0.4) is 0 Å². The van der Waals surface area contributed by atoms with Gasteiger partial charge in [-0.05, 0) is 45.1 Å². The predicted molar refractivity (Wildman–Crippen MR) is 75.1 cm³/mol. The van der Waals surface area contributed by atoms with Crippen LogP contribution in [0.5, 0.6) is 0 Å². The van der Waals surface area contributed by atoms with Crippen LogP contribution in [0.25, 0.3) is 0 Å². The molecule has 5 atom stereocenters. The zero-order valence-corrected chi connectivity index (χ0v) is 12.0. The number of nitrogens with one attached hydrogen (secondary N) is 2. The van der Waals surface area contributed by atoms with Crippen LogP contribution in [0, 0.1) is 5.92 Å². The molecule has 19 heavy (non-hydrogen) atoms. The van der Waals surface area contributed by atoms with Crippen LogP contribution in [0.4, 0.5) is 0 Å². The summed E-state index contributed by atoms with van der Waals surface area (Å²) in [5.74, 6) is 0.753. The van der Waals surface area contributed by atoms with Gasteiger partial charge < -0.3 is 20.5 Å². The summed E-state index contributed by atoms with van der Waals surface area (Å²) >= 11 is 0. The topological polar surface area (TPSA) is 53.5 Å². The van der Waals surface area contributed by atoms with E-state index in [0.29, 0.717) is 25.2 Å². The van der Waals surface area contributed by atoms with E-state index in [2.05, 4.69) is 10.6 Å². The molecule has 3 aliphatic rings. The van der Waals surface area contributed by atoms with E-state index in [0.717, 1.165) is 12.3 Å². The largest absolute Gasteiger partial charge is 0.386 e. The Labute approximate surface area is 116 Å². The Balaban J connectivity index is 1.54. The number of aliphatic hydroxyl groups is 1. The van der Waals surface area contributed by atoms with Gasteiger partial charge in [0.25, 0.3) is 0 Å². The van der Waals surface area contributed by atoms with Gasteiger partial charge in [-0.25, -0.2) is 0 Å². The highest BCUT2D eigenvalue weighted by Crippen LogP contribution is 2.33. The van der Waals surface area contributed by atoms with E-state index >= 15 is 0 Å². The van der Waals surface area contributed by atoms with Crippen molar-refractivity contribution in [3.63, 3.8) is 0 Å². The lowest BCUT2D eigenvalue weighted by Crippen LogP contribution is -2.51. The molecule has 2 heterocycles. The standard InChI is InChI=1S/C15H28N2O2/c1-11-15(18,7-9-19-11)10-17-14-5-2-4-12(14)13-6-3-8-16-13/h11-14,16-18H,2-10H2,1H3. The van der Waals surface area contributed by atoms with E-state index in [9.17, 15) is 5.11 Å². The zero-order chi connectivity index (χ0) is 13.3. The molecule has 3 fully saturated rings. The van der Waals surface area contributed by atoms with E-state index in [1.807, 2.05) is 6.92 Å². The molecule has 0 aromatic carbocycles. The third kappa shape index (κ3) is 2.82. The van der Waals surface area contributed by atoms with Crippen molar-refractivity contribution in [3.05, 3.63) is 0 Å². The second-order valence-electron chi connectivity index (χ2n) is 6.65. The molecule has 0 bridgehead atoms. The maximum Gasteiger partial charge on any atom is 0.105 e. The van der Waals surface area contributed by atoms with Crippen LogP contribution in [-0.4, -0.2) is 48.6 Å². The van der Waals surface area contributed by atoms with Crippen molar-refractivity contribution in [1.82, 2.24) is 10.6 Å². The molecule has 5 unspecified atom stereocenters. The lowest BCUT2D eigenvalue weighted by molar-refractivity contribution is -0.0285. The molecular formula is C15H28N2O2. The van der Waals surface area contributed by atoms with Crippen molar-refractivity contribution in [3.8, 4) is 0 Å². The third-order valence-corrected chi connectivity index (χ3v) is 5.51. The molecule has 0 aromatic rings. The highest BCUT2D eigenvalue weighted by atomic mass is 16.5. The third-order valence-electron chi connectivity index (χ3n) is 5.51. The molecule has 110 valence electrons. The van der Waals surface area contributed by atoms with E-state index < -0.39 is 5.60 Å². The van der Waals surface area contributed by atoms with Gasteiger partial charge in [-0.1, -0.05) is 6.42 Å². The van der Waals surface area contributed by atoms with Gasteiger partial charge in [-0.3, -0.25) is 0 Å². The summed E-state index contributed by atoms with van der Waals surface area (Å²) in [5, 5.41) is 17.9. The first-order valence-electron chi connectivity index (χ1n) is 8.00. The van der Waals surface area contributed by atoms with Gasteiger partial charge in [0.15, 0.2) is 0 Å². The molecule has 3 rings (SSSR count). The smallest absolute Gasteiger partial charge is 0.105 e. The van der Waals surface area contributed by atoms with E-state index in [4.69, 9.17) is 4.74 Å². The number of hydrogen-bond acceptors (Lipinski definition) is 4. The van der Waals surface area contributed by atoms with E-state index in [1.165, 1.54) is 38.6 Å². The molecule has 4 heteroatoms. The van der Waals surface area contributed by atoms with Gasteiger partial charge in [0.05, 0.1) is 6.10 Å². The second-order valence-corrected chi connectivity index (χ2v) is 6.65. The summed E-state index contributed by atoms with van der Waals surface area (Å²) in [6, 6.07) is 1.28. The van der Waals surface area contributed by atoms with E-state index in [-0.39, 0.29) is 6.10 Å². The Morgan fingerprint density at radius 3 is 2.89 bits per heavy atom. The van der Waals surface area contributed by atoms with Crippen molar-refractivity contribution in [2.45, 2.75) is 69.2 Å². The molecule has 0 amide bonds. The average Bonchev–Trinajstić information content (AvgIpc) is 3.09. The monoisotopic (exact) mass is 268 g/mol. The van der Waals surface area contributed by atoms with Crippen LogP contribution in [-0.2, 0) is 4.74 Å². The first-order valence-corrected chi connectivity index (χ1v) is 8.00. The summed E-state index contributed by atoms with van der Waals surface area (Å²) in [5.41, 5.74) is -0.657. The summed E-state index contributed by atoms with van der Waals surface area (Å²) in [7, 11) is 0. The number of rotatable bonds is 4. The van der Waals surface area contributed by atoms with Crippen molar-refractivity contribution in [2.75, 3.05) is 19.7 Å². The SMILES string of the molecule is CC1OCCC1(O)CNC1CCCC1C1CCCN1. The predicted octanol–water partition coefficient (Wildman–Crippen LogP) is 1.04. The lowest BCUT2D eigenvalue weighted by Gasteiger charge is -2.32. The Morgan fingerprint density at radius 1 is 1.32 bits per heavy atom. The minimum absolute atomic E-state index is 0.0375. The van der Waals surface area contributed by atoms with Gasteiger partial charge in [0, 0.05) is 31.7 Å². The Kier molecular flexibility index (Phi) is 4.13. The van der Waals surface area contributed by atoms with Gasteiger partial charge >= 0.3 is 0 Å². The van der Waals surface area contributed by atoms with Crippen LogP contribution in [0.15, 0.2) is 0 Å². The first kappa shape index (κ1) is 13.8. The fraction of sp³-hybridized carbons (Fsp3) is 1.00. The van der Waals surface area contributed by atoms with Crippen molar-refractivity contribution < 1.29 is 9.84 Å². The number of hydrogen-bond donors (Lipinski definition) is 3. The lowest BCUT2D eigenvalue weighted by atomic mass is 9.91. The van der Waals surface area contributed by atoms with Gasteiger partial charge in [-0.2, -0.15) is 0 Å². The minimum Gasteiger partial charge on any atom is -0.386 e. The van der Waals surface area contributed by atoms with Gasteiger partial charge in [-0.15, -0.1) is 0 Å². The first-order chi connectivity index (χ1) is 9.19.